The molecule has 6 nitrogen and oxygen atoms in total. The van der Waals surface area contributed by atoms with Crippen LogP contribution in [0.15, 0.2) is 64.3 Å². The first-order valence-electron chi connectivity index (χ1n) is 12.5. The molecule has 2 aromatic carbocycles. The summed E-state index contributed by atoms with van der Waals surface area (Å²) in [6.07, 6.45) is -8.82. The molecular weight excluding hydrogens is 641 g/mol. The van der Waals surface area contributed by atoms with Crippen LogP contribution in [0.1, 0.15) is 18.4 Å². The number of hydrogen-bond donors (Lipinski definition) is 0. The van der Waals surface area contributed by atoms with Crippen molar-refractivity contribution in [2.24, 2.45) is 0 Å². The Morgan fingerprint density at radius 3 is 1.93 bits per heavy atom. The molecule has 17 heteroatoms. The molecule has 0 atom stereocenters. The van der Waals surface area contributed by atoms with E-state index in [4.69, 9.17) is 13.9 Å². The van der Waals surface area contributed by atoms with Gasteiger partial charge in [0.25, 0.3) is 0 Å². The Kier molecular flexibility index (Phi) is 9.84. The smallest absolute Gasteiger partial charge is 0.417 e. The molecule has 1 aromatic heterocycles. The van der Waals surface area contributed by atoms with Crippen molar-refractivity contribution in [1.82, 2.24) is 0 Å². The average Bonchev–Trinajstić information content (AvgIpc) is 2.95. The summed E-state index contributed by atoms with van der Waals surface area (Å²) in [6, 6.07) is 6.82. The Balaban J connectivity index is 1.78. The van der Waals surface area contributed by atoms with Gasteiger partial charge in [0.2, 0.25) is 0 Å². The summed E-state index contributed by atoms with van der Waals surface area (Å²) < 4.78 is 172. The van der Waals surface area contributed by atoms with Gasteiger partial charge >= 0.3 is 41.5 Å². The van der Waals surface area contributed by atoms with E-state index in [9.17, 15) is 57.9 Å². The number of halogens is 11. The summed E-state index contributed by atoms with van der Waals surface area (Å²) in [5.74, 6) is -26.6. The first kappa shape index (κ1) is 35.2. The quantitative estimate of drug-likeness (QED) is 0.0802. The summed E-state index contributed by atoms with van der Waals surface area (Å²) in [6.45, 7) is -0.0225. The molecule has 0 amide bonds. The summed E-state index contributed by atoms with van der Waals surface area (Å²) >= 11 is 0. The maximum absolute atomic E-state index is 14.2. The molecule has 0 bridgehead atoms. The zero-order valence-corrected chi connectivity index (χ0v) is 22.8. The maximum atomic E-state index is 14.2. The molecule has 3 aromatic rings. The van der Waals surface area contributed by atoms with E-state index < -0.39 is 90.0 Å². The molecule has 0 spiro atoms. The third-order valence-corrected chi connectivity index (χ3v) is 6.35. The van der Waals surface area contributed by atoms with Crippen molar-refractivity contribution >= 4 is 16.9 Å². The normalized spacial score (nSPS) is 13.1. The Morgan fingerprint density at radius 2 is 1.38 bits per heavy atom. The molecule has 0 aliphatic heterocycles. The number of methoxy groups -OCH3 is 1. The zero-order valence-electron chi connectivity index (χ0n) is 22.8. The lowest BCUT2D eigenvalue weighted by Crippen LogP contribution is -2.62. The van der Waals surface area contributed by atoms with Crippen molar-refractivity contribution in [3.63, 3.8) is 0 Å². The summed E-state index contributed by atoms with van der Waals surface area (Å²) in [5.41, 5.74) is -3.88. The predicted molar refractivity (Wildman–Crippen MR) is 135 cm³/mol. The van der Waals surface area contributed by atoms with Gasteiger partial charge in [0.1, 0.15) is 17.1 Å². The lowest BCUT2D eigenvalue weighted by Gasteiger charge is -2.36. The minimum atomic E-state index is -6.60. The number of rotatable bonds is 13. The zero-order chi connectivity index (χ0) is 34.0. The summed E-state index contributed by atoms with van der Waals surface area (Å²) in [5, 5.41) is 0.0124. The van der Waals surface area contributed by atoms with Crippen LogP contribution in [0.3, 0.4) is 0 Å². The molecule has 0 unspecified atom stereocenters. The third kappa shape index (κ3) is 7.17. The lowest BCUT2D eigenvalue weighted by atomic mass is 9.95. The number of hydrogen-bond acceptors (Lipinski definition) is 6. The van der Waals surface area contributed by atoms with E-state index in [1.54, 1.807) is 0 Å². The molecule has 3 rings (SSSR count). The van der Waals surface area contributed by atoms with Crippen LogP contribution < -0.4 is 15.1 Å². The van der Waals surface area contributed by atoms with Crippen LogP contribution in [-0.4, -0.2) is 50.0 Å². The van der Waals surface area contributed by atoms with Crippen LogP contribution in [-0.2, 0) is 15.7 Å². The molecule has 0 N–H and O–H groups in total. The molecule has 1 heterocycles. The maximum Gasteiger partial charge on any atom is 0.417 e. The largest absolute Gasteiger partial charge is 0.497 e. The van der Waals surface area contributed by atoms with Crippen molar-refractivity contribution in [2.75, 3.05) is 20.3 Å². The topological polar surface area (TPSA) is 75.0 Å². The number of carbonyl (C=O) groups is 1. The highest BCUT2D eigenvalue weighted by Crippen LogP contribution is 2.54. The van der Waals surface area contributed by atoms with Gasteiger partial charge in [-0.05, 0) is 36.4 Å². The van der Waals surface area contributed by atoms with Gasteiger partial charge in [0, 0.05) is 23.1 Å². The first-order valence-corrected chi connectivity index (χ1v) is 12.5. The van der Waals surface area contributed by atoms with Crippen LogP contribution in [0.5, 0.6) is 11.5 Å². The highest BCUT2D eigenvalue weighted by Gasteiger charge is 2.79. The first-order chi connectivity index (χ1) is 20.7. The second kappa shape index (κ2) is 12.6. The monoisotopic (exact) mass is 662 g/mol. The molecule has 0 saturated heterocycles. The fourth-order valence-corrected chi connectivity index (χ4v) is 3.90. The number of carbonyl (C=O) groups excluding carboxylic acids is 1. The molecule has 246 valence electrons. The number of alkyl halides is 11. The van der Waals surface area contributed by atoms with Crippen LogP contribution >= 0.6 is 0 Å². The van der Waals surface area contributed by atoms with Crippen molar-refractivity contribution < 1.29 is 71.7 Å². The number of ether oxygens (including phenoxy) is 3. The van der Waals surface area contributed by atoms with Crippen LogP contribution in [0.25, 0.3) is 22.1 Å². The van der Waals surface area contributed by atoms with Gasteiger partial charge in [-0.1, -0.05) is 6.58 Å². The highest BCUT2D eigenvalue weighted by molar-refractivity contribution is 5.83. The number of esters is 1. The molecule has 0 radical (unpaired) electrons. The van der Waals surface area contributed by atoms with Crippen molar-refractivity contribution in [2.45, 2.75) is 42.7 Å². The van der Waals surface area contributed by atoms with Crippen LogP contribution in [0.2, 0.25) is 0 Å². The molecule has 45 heavy (non-hydrogen) atoms. The van der Waals surface area contributed by atoms with E-state index in [0.717, 1.165) is 37.4 Å². The van der Waals surface area contributed by atoms with E-state index in [-0.39, 0.29) is 16.7 Å². The van der Waals surface area contributed by atoms with E-state index in [2.05, 4.69) is 11.3 Å². The molecule has 0 fully saturated rings. The lowest BCUT2D eigenvalue weighted by molar-refractivity contribution is -0.368. The van der Waals surface area contributed by atoms with Gasteiger partial charge in [-0.25, -0.2) is 9.59 Å². The minimum Gasteiger partial charge on any atom is -0.497 e. The van der Waals surface area contributed by atoms with Crippen molar-refractivity contribution in [1.29, 1.82) is 0 Å². The molecule has 0 aliphatic carbocycles. The fourth-order valence-electron chi connectivity index (χ4n) is 3.90. The van der Waals surface area contributed by atoms with Crippen LogP contribution in [0, 0.1) is 0 Å². The summed E-state index contributed by atoms with van der Waals surface area (Å²) in [7, 11) is 1.13. The average molecular weight is 662 g/mol. The fraction of sp³-hybridized carbons (Fsp3) is 0.357. The third-order valence-electron chi connectivity index (χ3n) is 6.35. The van der Waals surface area contributed by atoms with E-state index in [1.165, 1.54) is 6.07 Å². The molecule has 0 aliphatic rings. The van der Waals surface area contributed by atoms with Gasteiger partial charge in [-0.15, -0.1) is 0 Å². The van der Waals surface area contributed by atoms with Crippen molar-refractivity contribution in [3.05, 3.63) is 71.1 Å². The SMILES string of the molecule is C=CC(=O)OCCC(F)(F)C(F)(F)C(F)(F)C(F)(F)CCOc1ccc2cc(-c3ccc(OC)cc3C(F)(F)F)c(=O)oc2c1. The standard InChI is InChI=1S/C28H21F11O6/c1-3-22(40)44-11-9-25(31,32)28(38,39)27(36,37)24(29,30)8-10-43-17-5-4-15-12-19(23(41)45-21(15)14-17)18-7-6-16(42-2)13-20(18)26(33,34)35/h3-7,12-14H,1,8-11H2,2H3. The van der Waals surface area contributed by atoms with E-state index in [0.29, 0.717) is 12.1 Å². The Labute approximate surface area is 246 Å². The van der Waals surface area contributed by atoms with Crippen molar-refractivity contribution in [3.8, 4) is 22.6 Å². The molecule has 0 saturated carbocycles. The predicted octanol–water partition coefficient (Wildman–Crippen LogP) is 7.92. The highest BCUT2D eigenvalue weighted by atomic mass is 19.4. The Hall–Kier alpha value is -4.31. The second-order valence-electron chi connectivity index (χ2n) is 9.33. The van der Waals surface area contributed by atoms with Gasteiger partial charge in [-0.2, -0.15) is 48.3 Å². The van der Waals surface area contributed by atoms with E-state index in [1.807, 2.05) is 0 Å². The summed E-state index contributed by atoms with van der Waals surface area (Å²) in [4.78, 5) is 23.4. The Morgan fingerprint density at radius 1 is 0.800 bits per heavy atom. The van der Waals surface area contributed by atoms with Gasteiger partial charge in [-0.3, -0.25) is 0 Å². The number of fused-ring (bicyclic) bond motifs is 1. The van der Waals surface area contributed by atoms with Gasteiger partial charge in [0.15, 0.2) is 0 Å². The van der Waals surface area contributed by atoms with Gasteiger partial charge in [0.05, 0.1) is 44.3 Å². The second-order valence-corrected chi connectivity index (χ2v) is 9.33. The molecular formula is C28H21F11O6. The van der Waals surface area contributed by atoms with Crippen LogP contribution in [0.4, 0.5) is 48.3 Å². The Bertz CT molecular complexity index is 1610. The number of benzene rings is 2. The van der Waals surface area contributed by atoms with Gasteiger partial charge < -0.3 is 18.6 Å². The van der Waals surface area contributed by atoms with E-state index >= 15 is 0 Å². The minimum absolute atomic E-state index is 0.0124.